The van der Waals surface area contributed by atoms with Crippen LogP contribution < -0.4 is 10.2 Å². The zero-order valence-corrected chi connectivity index (χ0v) is 9.53. The van der Waals surface area contributed by atoms with Crippen molar-refractivity contribution in [2.45, 2.75) is 32.2 Å². The molecule has 1 aromatic heterocycles. The Balaban J connectivity index is 2.04. The Morgan fingerprint density at radius 1 is 1.53 bits per heavy atom. The number of aromatic nitrogens is 1. The molecule has 82 valence electrons. The molecule has 3 nitrogen and oxygen atoms in total. The van der Waals surface area contributed by atoms with Crippen LogP contribution in [0.2, 0.25) is 0 Å². The molecule has 15 heavy (non-hydrogen) atoms. The second-order valence-corrected chi connectivity index (χ2v) is 4.17. The largest absolute Gasteiger partial charge is 0.371 e. The maximum atomic E-state index is 4.30. The highest BCUT2D eigenvalue weighted by Crippen LogP contribution is 2.30. The maximum absolute atomic E-state index is 4.30. The second kappa shape index (κ2) is 4.51. The first-order valence-corrected chi connectivity index (χ1v) is 5.74. The van der Waals surface area contributed by atoms with Crippen LogP contribution in [-0.2, 0) is 0 Å². The lowest BCUT2D eigenvalue weighted by atomic mass is 10.3. The second-order valence-electron chi connectivity index (χ2n) is 4.17. The lowest BCUT2D eigenvalue weighted by Gasteiger charge is -2.19. The van der Waals surface area contributed by atoms with Gasteiger partial charge in [0.05, 0.1) is 0 Å². The van der Waals surface area contributed by atoms with Gasteiger partial charge in [0.1, 0.15) is 5.82 Å². The molecule has 1 heterocycles. The molecule has 0 unspecified atom stereocenters. The standard InChI is InChI=1S/C12H19N3/c1-3-7-13-12-9-11(6-8-14-12)15(2)10-4-5-10/h6,8-10H,3-5,7H2,1-2H3,(H,13,14). The summed E-state index contributed by atoms with van der Waals surface area (Å²) in [6, 6.07) is 4.97. The molecular formula is C12H19N3. The number of anilines is 2. The van der Waals surface area contributed by atoms with Gasteiger partial charge in [0.25, 0.3) is 0 Å². The molecule has 0 aliphatic heterocycles. The number of rotatable bonds is 5. The van der Waals surface area contributed by atoms with Gasteiger partial charge in [0.2, 0.25) is 0 Å². The van der Waals surface area contributed by atoms with Gasteiger partial charge in [0, 0.05) is 37.6 Å². The van der Waals surface area contributed by atoms with E-state index in [-0.39, 0.29) is 0 Å². The molecule has 3 heteroatoms. The fraction of sp³-hybridized carbons (Fsp3) is 0.583. The molecule has 1 N–H and O–H groups in total. The number of hydrogen-bond donors (Lipinski definition) is 1. The van der Waals surface area contributed by atoms with Crippen LogP contribution in [0.3, 0.4) is 0 Å². The third-order valence-corrected chi connectivity index (χ3v) is 2.80. The Labute approximate surface area is 91.5 Å². The molecule has 0 aromatic carbocycles. The summed E-state index contributed by atoms with van der Waals surface area (Å²) in [4.78, 5) is 6.65. The van der Waals surface area contributed by atoms with Crippen LogP contribution in [0, 0.1) is 0 Å². The molecule has 0 bridgehead atoms. The highest BCUT2D eigenvalue weighted by molar-refractivity contribution is 5.54. The summed E-state index contributed by atoms with van der Waals surface area (Å²) in [7, 11) is 2.16. The molecule has 0 amide bonds. The predicted molar refractivity (Wildman–Crippen MR) is 64.4 cm³/mol. The molecule has 0 saturated heterocycles. The lowest BCUT2D eigenvalue weighted by Crippen LogP contribution is -2.19. The summed E-state index contributed by atoms with van der Waals surface area (Å²) in [6.45, 7) is 3.15. The van der Waals surface area contributed by atoms with Crippen LogP contribution >= 0.6 is 0 Å². The average molecular weight is 205 g/mol. The van der Waals surface area contributed by atoms with Crippen molar-refractivity contribution < 1.29 is 0 Å². The molecule has 0 spiro atoms. The summed E-state index contributed by atoms with van der Waals surface area (Å²) >= 11 is 0. The van der Waals surface area contributed by atoms with Gasteiger partial charge in [-0.3, -0.25) is 0 Å². The van der Waals surface area contributed by atoms with E-state index >= 15 is 0 Å². The maximum Gasteiger partial charge on any atom is 0.127 e. The fourth-order valence-corrected chi connectivity index (χ4v) is 1.66. The Hall–Kier alpha value is -1.25. The van der Waals surface area contributed by atoms with E-state index in [4.69, 9.17) is 0 Å². The summed E-state index contributed by atoms with van der Waals surface area (Å²) in [5, 5.41) is 3.31. The van der Waals surface area contributed by atoms with Gasteiger partial charge in [-0.1, -0.05) is 6.92 Å². The van der Waals surface area contributed by atoms with Gasteiger partial charge in [-0.05, 0) is 25.3 Å². The van der Waals surface area contributed by atoms with E-state index in [0.29, 0.717) is 0 Å². The van der Waals surface area contributed by atoms with Crippen LogP contribution in [0.1, 0.15) is 26.2 Å². The monoisotopic (exact) mass is 205 g/mol. The fourth-order valence-electron chi connectivity index (χ4n) is 1.66. The zero-order valence-electron chi connectivity index (χ0n) is 9.53. The minimum absolute atomic E-state index is 0.756. The molecule has 1 aliphatic rings. The van der Waals surface area contributed by atoms with Crippen molar-refractivity contribution in [1.82, 2.24) is 4.98 Å². The quantitative estimate of drug-likeness (QED) is 0.800. The first kappa shape index (κ1) is 10.3. The Kier molecular flexibility index (Phi) is 3.09. The lowest BCUT2D eigenvalue weighted by molar-refractivity contribution is 0.912. The summed E-state index contributed by atoms with van der Waals surface area (Å²) in [5.74, 6) is 0.988. The minimum Gasteiger partial charge on any atom is -0.371 e. The van der Waals surface area contributed by atoms with E-state index in [2.05, 4.69) is 41.3 Å². The van der Waals surface area contributed by atoms with E-state index in [1.807, 2.05) is 6.20 Å². The molecule has 1 aromatic rings. The van der Waals surface area contributed by atoms with E-state index in [0.717, 1.165) is 24.8 Å². The molecule has 1 saturated carbocycles. The van der Waals surface area contributed by atoms with Crippen molar-refractivity contribution in [1.29, 1.82) is 0 Å². The number of hydrogen-bond acceptors (Lipinski definition) is 3. The Morgan fingerprint density at radius 3 is 3.00 bits per heavy atom. The van der Waals surface area contributed by atoms with Crippen LogP contribution in [0.25, 0.3) is 0 Å². The van der Waals surface area contributed by atoms with Crippen molar-refractivity contribution in [2.24, 2.45) is 0 Å². The van der Waals surface area contributed by atoms with Gasteiger partial charge in [-0.2, -0.15) is 0 Å². The Bertz CT molecular complexity index is 320. The van der Waals surface area contributed by atoms with Crippen LogP contribution in [-0.4, -0.2) is 24.6 Å². The van der Waals surface area contributed by atoms with E-state index in [1.165, 1.54) is 18.5 Å². The SMILES string of the molecule is CCCNc1cc(N(C)C2CC2)ccn1. The van der Waals surface area contributed by atoms with Gasteiger partial charge in [-0.15, -0.1) is 0 Å². The molecular weight excluding hydrogens is 186 g/mol. The third kappa shape index (κ3) is 2.61. The van der Waals surface area contributed by atoms with Crippen LogP contribution in [0.5, 0.6) is 0 Å². The van der Waals surface area contributed by atoms with Crippen molar-refractivity contribution in [3.8, 4) is 0 Å². The van der Waals surface area contributed by atoms with Crippen molar-refractivity contribution in [3.63, 3.8) is 0 Å². The third-order valence-electron chi connectivity index (χ3n) is 2.80. The average Bonchev–Trinajstić information content (AvgIpc) is 3.09. The van der Waals surface area contributed by atoms with E-state index in [9.17, 15) is 0 Å². The van der Waals surface area contributed by atoms with Crippen molar-refractivity contribution in [2.75, 3.05) is 23.8 Å². The summed E-state index contributed by atoms with van der Waals surface area (Å²) in [5.41, 5.74) is 1.27. The smallest absolute Gasteiger partial charge is 0.127 e. The molecule has 1 aliphatic carbocycles. The number of nitrogens with zero attached hydrogens (tertiary/aromatic N) is 2. The topological polar surface area (TPSA) is 28.2 Å². The molecule has 0 atom stereocenters. The molecule has 0 radical (unpaired) electrons. The summed E-state index contributed by atoms with van der Waals surface area (Å²) in [6.07, 6.45) is 5.67. The van der Waals surface area contributed by atoms with E-state index in [1.54, 1.807) is 0 Å². The van der Waals surface area contributed by atoms with Crippen LogP contribution in [0.15, 0.2) is 18.3 Å². The van der Waals surface area contributed by atoms with Gasteiger partial charge in [0.15, 0.2) is 0 Å². The highest BCUT2D eigenvalue weighted by atomic mass is 15.2. The predicted octanol–water partition coefficient (Wildman–Crippen LogP) is 2.50. The Morgan fingerprint density at radius 2 is 2.33 bits per heavy atom. The normalized spacial score (nSPS) is 15.1. The number of pyridine rings is 1. The van der Waals surface area contributed by atoms with Gasteiger partial charge in [-0.25, -0.2) is 4.98 Å². The zero-order chi connectivity index (χ0) is 10.7. The molecule has 2 rings (SSSR count). The van der Waals surface area contributed by atoms with Gasteiger partial charge >= 0.3 is 0 Å². The van der Waals surface area contributed by atoms with Crippen molar-refractivity contribution >= 4 is 11.5 Å². The van der Waals surface area contributed by atoms with Gasteiger partial charge < -0.3 is 10.2 Å². The first-order valence-electron chi connectivity index (χ1n) is 5.74. The summed E-state index contributed by atoms with van der Waals surface area (Å²) < 4.78 is 0. The number of nitrogens with one attached hydrogen (secondary N) is 1. The highest BCUT2D eigenvalue weighted by Gasteiger charge is 2.26. The van der Waals surface area contributed by atoms with Crippen LogP contribution in [0.4, 0.5) is 11.5 Å². The van der Waals surface area contributed by atoms with E-state index < -0.39 is 0 Å². The first-order chi connectivity index (χ1) is 7.31. The minimum atomic E-state index is 0.756. The van der Waals surface area contributed by atoms with Crippen molar-refractivity contribution in [3.05, 3.63) is 18.3 Å². The molecule has 1 fully saturated rings.